The number of hydrogen-bond donors (Lipinski definition) is 2. The standard InChI is InChI=1S/C19H21F2N7/c1-2-5-23-19-24-7-4-15(26-19)14-10-28(11-16(20)21)27-17(14)13-8-12-3-6-22-18(12)25-9-13/h4,7-10,16H,2-3,5-6,11H2,1H3,(H,22,25)(H,23,24,26). The van der Waals surface area contributed by atoms with Crippen molar-refractivity contribution < 1.29 is 8.78 Å². The molecule has 9 heteroatoms. The molecule has 0 aliphatic carbocycles. The maximum absolute atomic E-state index is 12.9. The van der Waals surface area contributed by atoms with Crippen LogP contribution >= 0.6 is 0 Å². The average molecular weight is 385 g/mol. The number of anilines is 2. The highest BCUT2D eigenvalue weighted by Gasteiger charge is 2.19. The summed E-state index contributed by atoms with van der Waals surface area (Å²) in [5.41, 5.74) is 3.77. The Morgan fingerprint density at radius 3 is 3.04 bits per heavy atom. The molecule has 0 aromatic carbocycles. The predicted molar refractivity (Wildman–Crippen MR) is 103 cm³/mol. The Hall–Kier alpha value is -3.10. The minimum Gasteiger partial charge on any atom is -0.370 e. The van der Waals surface area contributed by atoms with Gasteiger partial charge in [-0.15, -0.1) is 0 Å². The molecule has 0 saturated heterocycles. The van der Waals surface area contributed by atoms with Crippen molar-refractivity contribution in [2.24, 2.45) is 0 Å². The van der Waals surface area contributed by atoms with E-state index in [1.54, 1.807) is 24.7 Å². The Morgan fingerprint density at radius 1 is 1.32 bits per heavy atom. The van der Waals surface area contributed by atoms with E-state index in [1.807, 2.05) is 6.07 Å². The van der Waals surface area contributed by atoms with E-state index in [0.717, 1.165) is 42.9 Å². The Labute approximate surface area is 161 Å². The fourth-order valence-electron chi connectivity index (χ4n) is 3.19. The zero-order chi connectivity index (χ0) is 19.5. The van der Waals surface area contributed by atoms with E-state index >= 15 is 0 Å². The summed E-state index contributed by atoms with van der Waals surface area (Å²) in [5, 5.41) is 10.8. The maximum atomic E-state index is 12.9. The van der Waals surface area contributed by atoms with Gasteiger partial charge in [-0.1, -0.05) is 6.92 Å². The summed E-state index contributed by atoms with van der Waals surface area (Å²) < 4.78 is 27.1. The predicted octanol–water partition coefficient (Wildman–Crippen LogP) is 3.46. The fraction of sp³-hybridized carbons (Fsp3) is 0.368. The van der Waals surface area contributed by atoms with Crippen molar-refractivity contribution >= 4 is 11.8 Å². The van der Waals surface area contributed by atoms with Crippen molar-refractivity contribution in [1.29, 1.82) is 0 Å². The summed E-state index contributed by atoms with van der Waals surface area (Å²) in [6.07, 6.45) is 4.31. The topological polar surface area (TPSA) is 80.5 Å². The summed E-state index contributed by atoms with van der Waals surface area (Å²) in [5.74, 6) is 1.37. The van der Waals surface area contributed by atoms with Crippen molar-refractivity contribution in [3.8, 4) is 22.5 Å². The van der Waals surface area contributed by atoms with Crippen LogP contribution in [0.1, 0.15) is 18.9 Å². The molecule has 1 aliphatic rings. The van der Waals surface area contributed by atoms with Crippen LogP contribution in [0.3, 0.4) is 0 Å². The number of fused-ring (bicyclic) bond motifs is 1. The molecule has 0 amide bonds. The number of hydrogen-bond acceptors (Lipinski definition) is 6. The van der Waals surface area contributed by atoms with E-state index < -0.39 is 13.0 Å². The van der Waals surface area contributed by atoms with E-state index in [4.69, 9.17) is 0 Å². The van der Waals surface area contributed by atoms with E-state index in [1.165, 1.54) is 4.68 Å². The zero-order valence-corrected chi connectivity index (χ0v) is 15.5. The van der Waals surface area contributed by atoms with Gasteiger partial charge in [0.1, 0.15) is 18.1 Å². The highest BCUT2D eigenvalue weighted by atomic mass is 19.3. The van der Waals surface area contributed by atoms with Crippen LogP contribution in [0.5, 0.6) is 0 Å². The first kappa shape index (κ1) is 18.3. The minimum absolute atomic E-state index is 0.473. The summed E-state index contributed by atoms with van der Waals surface area (Å²) >= 11 is 0. The number of alkyl halides is 2. The molecule has 146 valence electrons. The largest absolute Gasteiger partial charge is 0.370 e. The molecule has 0 atom stereocenters. The molecule has 3 aromatic rings. The van der Waals surface area contributed by atoms with E-state index in [2.05, 4.69) is 37.6 Å². The van der Waals surface area contributed by atoms with Crippen LogP contribution in [0, 0.1) is 0 Å². The van der Waals surface area contributed by atoms with E-state index in [9.17, 15) is 8.78 Å². The van der Waals surface area contributed by atoms with Crippen molar-refractivity contribution in [2.75, 3.05) is 23.7 Å². The maximum Gasteiger partial charge on any atom is 0.257 e. The monoisotopic (exact) mass is 385 g/mol. The lowest BCUT2D eigenvalue weighted by molar-refractivity contribution is 0.122. The minimum atomic E-state index is -2.49. The lowest BCUT2D eigenvalue weighted by Gasteiger charge is -2.06. The lowest BCUT2D eigenvalue weighted by Crippen LogP contribution is -2.06. The molecule has 28 heavy (non-hydrogen) atoms. The third kappa shape index (κ3) is 3.78. The Bertz CT molecular complexity index is 971. The number of nitrogens with one attached hydrogen (secondary N) is 2. The molecular weight excluding hydrogens is 364 g/mol. The molecule has 0 radical (unpaired) electrons. The van der Waals surface area contributed by atoms with Crippen molar-refractivity contribution in [2.45, 2.75) is 32.7 Å². The molecule has 0 spiro atoms. The molecule has 7 nitrogen and oxygen atoms in total. The van der Waals surface area contributed by atoms with Gasteiger partial charge in [-0.05, 0) is 30.5 Å². The fourth-order valence-corrected chi connectivity index (χ4v) is 3.19. The Kier molecular flexibility index (Phi) is 5.14. The van der Waals surface area contributed by atoms with Crippen LogP contribution in [0.15, 0.2) is 30.7 Å². The van der Waals surface area contributed by atoms with Crippen molar-refractivity contribution in [3.63, 3.8) is 0 Å². The zero-order valence-electron chi connectivity index (χ0n) is 15.5. The molecule has 0 saturated carbocycles. The van der Waals surface area contributed by atoms with Crippen LogP contribution in [0.2, 0.25) is 0 Å². The third-order valence-corrected chi connectivity index (χ3v) is 4.48. The number of rotatable bonds is 7. The van der Waals surface area contributed by atoms with Gasteiger partial charge in [-0.3, -0.25) is 4.68 Å². The molecule has 4 rings (SSSR count). The summed E-state index contributed by atoms with van der Waals surface area (Å²) in [6, 6.07) is 3.77. The smallest absolute Gasteiger partial charge is 0.257 e. The van der Waals surface area contributed by atoms with Crippen LogP contribution in [0.4, 0.5) is 20.5 Å². The van der Waals surface area contributed by atoms with Gasteiger partial charge in [-0.2, -0.15) is 5.10 Å². The van der Waals surface area contributed by atoms with Gasteiger partial charge in [-0.25, -0.2) is 23.7 Å². The lowest BCUT2D eigenvalue weighted by atomic mass is 10.1. The van der Waals surface area contributed by atoms with Crippen LogP contribution in [0.25, 0.3) is 22.5 Å². The van der Waals surface area contributed by atoms with Gasteiger partial charge in [0.05, 0.1) is 5.69 Å². The third-order valence-electron chi connectivity index (χ3n) is 4.48. The van der Waals surface area contributed by atoms with Crippen LogP contribution in [-0.4, -0.2) is 44.2 Å². The number of pyridine rings is 1. The molecule has 0 bridgehead atoms. The number of nitrogens with zero attached hydrogens (tertiary/aromatic N) is 5. The van der Waals surface area contributed by atoms with Crippen molar-refractivity contribution in [1.82, 2.24) is 24.7 Å². The van der Waals surface area contributed by atoms with Gasteiger partial charge in [0, 0.05) is 42.8 Å². The second-order valence-electron chi connectivity index (χ2n) is 6.61. The summed E-state index contributed by atoms with van der Waals surface area (Å²) in [6.45, 7) is 3.18. The highest BCUT2D eigenvalue weighted by Crippen LogP contribution is 2.32. The van der Waals surface area contributed by atoms with Gasteiger partial charge in [0.15, 0.2) is 0 Å². The molecule has 1 aliphatic heterocycles. The van der Waals surface area contributed by atoms with Crippen LogP contribution in [-0.2, 0) is 13.0 Å². The second kappa shape index (κ2) is 7.87. The first-order chi connectivity index (χ1) is 13.6. The number of aromatic nitrogens is 5. The van der Waals surface area contributed by atoms with Gasteiger partial charge >= 0.3 is 0 Å². The second-order valence-corrected chi connectivity index (χ2v) is 6.61. The van der Waals surface area contributed by atoms with E-state index in [-0.39, 0.29) is 0 Å². The molecule has 3 aromatic heterocycles. The molecule has 0 unspecified atom stereocenters. The highest BCUT2D eigenvalue weighted by molar-refractivity contribution is 5.79. The Balaban J connectivity index is 1.77. The van der Waals surface area contributed by atoms with E-state index in [0.29, 0.717) is 22.9 Å². The molecule has 0 fully saturated rings. The van der Waals surface area contributed by atoms with Crippen LogP contribution < -0.4 is 10.6 Å². The normalized spacial score (nSPS) is 12.9. The molecular formula is C19H21F2N7. The van der Waals surface area contributed by atoms with Gasteiger partial charge in [0.2, 0.25) is 5.95 Å². The number of halogens is 2. The molecule has 4 heterocycles. The van der Waals surface area contributed by atoms with Gasteiger partial charge < -0.3 is 10.6 Å². The molecule has 2 N–H and O–H groups in total. The van der Waals surface area contributed by atoms with Crippen molar-refractivity contribution in [3.05, 3.63) is 36.3 Å². The summed E-state index contributed by atoms with van der Waals surface area (Å²) in [4.78, 5) is 13.2. The SMILES string of the molecule is CCCNc1nccc(-c2cn(CC(F)F)nc2-c2cnc3c(c2)CCN3)n1. The van der Waals surface area contributed by atoms with Gasteiger partial charge in [0.25, 0.3) is 6.43 Å². The first-order valence-electron chi connectivity index (χ1n) is 9.30. The average Bonchev–Trinajstić information content (AvgIpc) is 3.32. The quantitative estimate of drug-likeness (QED) is 0.648. The Morgan fingerprint density at radius 2 is 2.21 bits per heavy atom. The first-order valence-corrected chi connectivity index (χ1v) is 9.30. The summed E-state index contributed by atoms with van der Waals surface area (Å²) in [7, 11) is 0.